The number of hydrogen-bond acceptors (Lipinski definition) is 1. The topological polar surface area (TPSA) is 32.9 Å². The minimum atomic E-state index is -0.0404. The lowest BCUT2D eigenvalue weighted by Crippen LogP contribution is -2.04. The van der Waals surface area contributed by atoms with Gasteiger partial charge in [0.1, 0.15) is 0 Å². The number of rotatable bonds is 0. The van der Waals surface area contributed by atoms with Crippen molar-refractivity contribution in [3.8, 4) is 0 Å². The van der Waals surface area contributed by atoms with E-state index >= 15 is 0 Å². The Morgan fingerprint density at radius 2 is 1.74 bits per heavy atom. The molecule has 1 aromatic heterocycles. The summed E-state index contributed by atoms with van der Waals surface area (Å²) < 4.78 is 0. The number of pyridine rings is 1. The zero-order valence-corrected chi connectivity index (χ0v) is 11.7. The lowest BCUT2D eigenvalue weighted by Gasteiger charge is -2.05. The summed E-state index contributed by atoms with van der Waals surface area (Å²) in [7, 11) is 0. The van der Waals surface area contributed by atoms with E-state index in [9.17, 15) is 4.79 Å². The third-order valence-electron chi connectivity index (χ3n) is 2.95. The maximum absolute atomic E-state index is 11.5. The van der Waals surface area contributed by atoms with E-state index < -0.39 is 0 Å². The lowest BCUT2D eigenvalue weighted by atomic mass is 10.0. The third kappa shape index (κ3) is 2.68. The van der Waals surface area contributed by atoms with Crippen molar-refractivity contribution in [2.45, 2.75) is 27.2 Å². The molecule has 0 atom stereocenters. The number of aryl methyl sites for hydroxylation is 1. The molecule has 3 rings (SSSR count). The fraction of sp³-hybridized carbons (Fsp3) is 0.235. The van der Waals surface area contributed by atoms with Gasteiger partial charge in [0.15, 0.2) is 0 Å². The monoisotopic (exact) mass is 255 g/mol. The van der Waals surface area contributed by atoms with Gasteiger partial charge in [-0.05, 0) is 17.9 Å². The Morgan fingerprint density at radius 1 is 1.05 bits per heavy atom. The van der Waals surface area contributed by atoms with Crippen LogP contribution in [-0.4, -0.2) is 4.98 Å². The van der Waals surface area contributed by atoms with Gasteiger partial charge in [-0.1, -0.05) is 56.7 Å². The quantitative estimate of drug-likeness (QED) is 0.583. The molecule has 2 aromatic carbocycles. The average molecular weight is 255 g/mol. The highest BCUT2D eigenvalue weighted by molar-refractivity contribution is 6.05. The molecule has 3 aromatic rings. The summed E-state index contributed by atoms with van der Waals surface area (Å²) in [6, 6.07) is 13.9. The Labute approximate surface area is 114 Å². The highest BCUT2D eigenvalue weighted by Crippen LogP contribution is 2.24. The van der Waals surface area contributed by atoms with Crippen LogP contribution in [0, 0.1) is 6.92 Å². The fourth-order valence-electron chi connectivity index (χ4n) is 2.17. The smallest absolute Gasteiger partial charge is 0.248 e. The van der Waals surface area contributed by atoms with Gasteiger partial charge in [-0.25, -0.2) is 0 Å². The second kappa shape index (κ2) is 5.70. The molecule has 0 amide bonds. The molecule has 100 valence electrons. The number of benzene rings is 2. The van der Waals surface area contributed by atoms with Crippen molar-refractivity contribution in [2.75, 3.05) is 0 Å². The molecule has 1 heterocycles. The molecule has 0 unspecified atom stereocenters. The molecule has 0 fully saturated rings. The molecule has 2 nitrogen and oxygen atoms in total. The number of aromatic nitrogens is 1. The Balaban J connectivity index is 0.000000462. The summed E-state index contributed by atoms with van der Waals surface area (Å²) in [5, 5.41) is 3.36. The van der Waals surface area contributed by atoms with E-state index in [0.29, 0.717) is 0 Å². The highest BCUT2D eigenvalue weighted by atomic mass is 16.1. The first-order valence-electron chi connectivity index (χ1n) is 6.68. The predicted octanol–water partition coefficient (Wildman–Crippen LogP) is 4.65. The van der Waals surface area contributed by atoms with Gasteiger partial charge in [-0.2, -0.15) is 0 Å². The number of aromatic amines is 1. The molecule has 0 aliphatic carbocycles. The van der Waals surface area contributed by atoms with Crippen molar-refractivity contribution in [2.24, 2.45) is 0 Å². The largest absolute Gasteiger partial charge is 0.321 e. The summed E-state index contributed by atoms with van der Waals surface area (Å²) in [4.78, 5) is 14.4. The van der Waals surface area contributed by atoms with E-state index in [1.54, 1.807) is 6.07 Å². The van der Waals surface area contributed by atoms with Gasteiger partial charge in [-0.3, -0.25) is 4.79 Å². The lowest BCUT2D eigenvalue weighted by molar-refractivity contribution is 1.09. The summed E-state index contributed by atoms with van der Waals surface area (Å²) in [5.74, 6) is 0. The van der Waals surface area contributed by atoms with E-state index in [1.807, 2.05) is 25.1 Å². The standard InChI is InChI=1S/C14H11NO.C3H8.H2/c1-9-8-13(16)15-14-11(9)7-6-10-4-2-3-5-12(10)14;1-3-2;/h2-8H,1H3,(H,15,16);3H2,1-2H3;1H. The first-order chi connectivity index (χ1) is 9.17. The van der Waals surface area contributed by atoms with Crippen molar-refractivity contribution >= 4 is 21.7 Å². The first-order valence-corrected chi connectivity index (χ1v) is 6.68. The van der Waals surface area contributed by atoms with E-state index in [4.69, 9.17) is 0 Å². The first kappa shape index (κ1) is 13.3. The molecule has 0 aliphatic heterocycles. The predicted molar refractivity (Wildman–Crippen MR) is 84.9 cm³/mol. The van der Waals surface area contributed by atoms with Crippen LogP contribution in [0.1, 0.15) is 27.3 Å². The van der Waals surface area contributed by atoms with Crippen LogP contribution in [0.25, 0.3) is 21.7 Å². The second-order valence-electron chi connectivity index (χ2n) is 4.73. The van der Waals surface area contributed by atoms with E-state index in [2.05, 4.69) is 37.0 Å². The van der Waals surface area contributed by atoms with Gasteiger partial charge < -0.3 is 4.98 Å². The van der Waals surface area contributed by atoms with Crippen molar-refractivity contribution in [3.05, 3.63) is 58.4 Å². The summed E-state index contributed by atoms with van der Waals surface area (Å²) in [5.41, 5.74) is 1.91. The Morgan fingerprint density at radius 3 is 2.47 bits per heavy atom. The van der Waals surface area contributed by atoms with E-state index in [1.165, 1.54) is 6.42 Å². The minimum absolute atomic E-state index is 0. The van der Waals surface area contributed by atoms with Crippen LogP contribution in [0.3, 0.4) is 0 Å². The molecule has 19 heavy (non-hydrogen) atoms. The molecule has 0 saturated heterocycles. The van der Waals surface area contributed by atoms with Gasteiger partial charge in [0, 0.05) is 18.3 Å². The van der Waals surface area contributed by atoms with Crippen LogP contribution in [0.5, 0.6) is 0 Å². The SMILES string of the molecule is CCC.Cc1cc(=O)[nH]c2c1ccc1ccccc12.[HH]. The maximum atomic E-state index is 11.5. The van der Waals surface area contributed by atoms with Crippen LogP contribution >= 0.6 is 0 Å². The summed E-state index contributed by atoms with van der Waals surface area (Å²) in [6.45, 7) is 6.21. The van der Waals surface area contributed by atoms with Gasteiger partial charge >= 0.3 is 0 Å². The molecule has 1 N–H and O–H groups in total. The fourth-order valence-corrected chi connectivity index (χ4v) is 2.17. The van der Waals surface area contributed by atoms with Gasteiger partial charge in [0.25, 0.3) is 0 Å². The van der Waals surface area contributed by atoms with Gasteiger partial charge in [0.2, 0.25) is 5.56 Å². The second-order valence-corrected chi connectivity index (χ2v) is 4.73. The van der Waals surface area contributed by atoms with Crippen LogP contribution in [0.15, 0.2) is 47.3 Å². The van der Waals surface area contributed by atoms with E-state index in [-0.39, 0.29) is 6.99 Å². The van der Waals surface area contributed by atoms with Crippen LogP contribution in [0.2, 0.25) is 0 Å². The summed E-state index contributed by atoms with van der Waals surface area (Å²) >= 11 is 0. The molecular formula is C17H21NO. The molecule has 0 saturated carbocycles. The van der Waals surface area contributed by atoms with E-state index in [0.717, 1.165) is 27.2 Å². The molecule has 2 heteroatoms. The number of nitrogens with one attached hydrogen (secondary N) is 1. The molecule has 0 aliphatic rings. The van der Waals surface area contributed by atoms with Crippen LogP contribution in [0.4, 0.5) is 0 Å². The van der Waals surface area contributed by atoms with Gasteiger partial charge in [-0.15, -0.1) is 0 Å². The summed E-state index contributed by atoms with van der Waals surface area (Å²) in [6.07, 6.45) is 1.25. The van der Waals surface area contributed by atoms with Crippen molar-refractivity contribution < 1.29 is 1.43 Å². The van der Waals surface area contributed by atoms with Crippen LogP contribution in [-0.2, 0) is 0 Å². The van der Waals surface area contributed by atoms with Crippen molar-refractivity contribution in [3.63, 3.8) is 0 Å². The molecular weight excluding hydrogens is 234 g/mol. The van der Waals surface area contributed by atoms with Crippen molar-refractivity contribution in [1.29, 1.82) is 0 Å². The zero-order chi connectivity index (χ0) is 13.8. The molecule has 0 spiro atoms. The molecule has 0 radical (unpaired) electrons. The number of H-pyrrole nitrogens is 1. The Bertz CT molecular complexity index is 762. The Hall–Kier alpha value is -2.09. The normalized spacial score (nSPS) is 10.3. The number of hydrogen-bond donors (Lipinski definition) is 1. The minimum Gasteiger partial charge on any atom is -0.321 e. The third-order valence-corrected chi connectivity index (χ3v) is 2.95. The Kier molecular flexibility index (Phi) is 4.00. The van der Waals surface area contributed by atoms with Gasteiger partial charge in [0.05, 0.1) is 5.52 Å². The maximum Gasteiger partial charge on any atom is 0.248 e. The molecule has 0 bridgehead atoms. The average Bonchev–Trinajstić information content (AvgIpc) is 2.39. The van der Waals surface area contributed by atoms with Crippen molar-refractivity contribution in [1.82, 2.24) is 4.98 Å². The zero-order valence-electron chi connectivity index (χ0n) is 11.7. The van der Waals surface area contributed by atoms with Crippen LogP contribution < -0.4 is 5.56 Å². The number of fused-ring (bicyclic) bond motifs is 3. The highest BCUT2D eigenvalue weighted by Gasteiger charge is 2.03.